The molecule has 10 heteroatoms. The SMILES string of the molecule is CC1NC2C(Nc3ccc4c(c3)C(=O)N(C3CCC(=O)NC3=O)C4)NCNC2C1I. The molecule has 0 aromatic heterocycles. The third-order valence-corrected chi connectivity index (χ3v) is 8.39. The van der Waals surface area contributed by atoms with Crippen LogP contribution in [0.25, 0.3) is 0 Å². The number of imide groups is 1. The van der Waals surface area contributed by atoms with Gasteiger partial charge in [0.05, 0.1) is 12.2 Å². The van der Waals surface area contributed by atoms with Gasteiger partial charge in [-0.15, -0.1) is 0 Å². The molecule has 1 aromatic carbocycles. The minimum Gasteiger partial charge on any atom is -0.368 e. The first-order chi connectivity index (χ1) is 14.4. The Labute approximate surface area is 188 Å². The maximum absolute atomic E-state index is 13.0. The molecular weight excluding hydrogens is 499 g/mol. The van der Waals surface area contributed by atoms with E-state index < -0.39 is 6.04 Å². The van der Waals surface area contributed by atoms with Crippen molar-refractivity contribution in [1.82, 2.24) is 26.2 Å². The summed E-state index contributed by atoms with van der Waals surface area (Å²) in [5, 5.41) is 16.5. The van der Waals surface area contributed by atoms with E-state index in [-0.39, 0.29) is 36.3 Å². The van der Waals surface area contributed by atoms with Crippen LogP contribution in [0.1, 0.15) is 35.7 Å². The Hall–Kier alpha value is -1.76. The van der Waals surface area contributed by atoms with Crippen LogP contribution in [-0.2, 0) is 16.1 Å². The van der Waals surface area contributed by atoms with Gasteiger partial charge in [-0.05, 0) is 31.0 Å². The normalized spacial score (nSPS) is 35.8. The van der Waals surface area contributed by atoms with Crippen molar-refractivity contribution in [2.75, 3.05) is 12.0 Å². The highest BCUT2D eigenvalue weighted by Crippen LogP contribution is 2.31. The van der Waals surface area contributed by atoms with E-state index in [0.717, 1.165) is 17.9 Å². The number of hydrogen-bond acceptors (Lipinski definition) is 7. The van der Waals surface area contributed by atoms with Crippen molar-refractivity contribution in [3.8, 4) is 0 Å². The molecule has 3 amide bonds. The molecule has 4 heterocycles. The monoisotopic (exact) mass is 524 g/mol. The number of nitrogens with one attached hydrogen (secondary N) is 5. The highest BCUT2D eigenvalue weighted by atomic mass is 127. The molecule has 30 heavy (non-hydrogen) atoms. The van der Waals surface area contributed by atoms with Gasteiger partial charge >= 0.3 is 0 Å². The first-order valence-corrected chi connectivity index (χ1v) is 11.6. The largest absolute Gasteiger partial charge is 0.368 e. The van der Waals surface area contributed by atoms with Crippen molar-refractivity contribution in [2.24, 2.45) is 0 Å². The number of carbonyl (C=O) groups excluding carboxylic acids is 3. The number of rotatable bonds is 3. The second kappa shape index (κ2) is 7.74. The molecule has 0 radical (unpaired) electrons. The molecule has 3 fully saturated rings. The van der Waals surface area contributed by atoms with E-state index in [2.05, 4.69) is 56.1 Å². The number of halogens is 1. The fourth-order valence-electron chi connectivity index (χ4n) is 4.93. The Morgan fingerprint density at radius 2 is 2.00 bits per heavy atom. The Balaban J connectivity index is 1.32. The molecule has 3 saturated heterocycles. The summed E-state index contributed by atoms with van der Waals surface area (Å²) in [6, 6.07) is 6.25. The molecule has 9 nitrogen and oxygen atoms in total. The lowest BCUT2D eigenvalue weighted by molar-refractivity contribution is -0.136. The summed E-state index contributed by atoms with van der Waals surface area (Å²) in [5.74, 6) is -0.812. The summed E-state index contributed by atoms with van der Waals surface area (Å²) in [6.45, 7) is 3.32. The molecule has 6 atom stereocenters. The lowest BCUT2D eigenvalue weighted by Gasteiger charge is -2.37. The molecule has 0 bridgehead atoms. The molecular formula is C20H25IN6O3. The molecule has 0 spiro atoms. The molecule has 0 aliphatic carbocycles. The van der Waals surface area contributed by atoms with Gasteiger partial charge in [-0.25, -0.2) is 0 Å². The van der Waals surface area contributed by atoms with Crippen LogP contribution in [0.5, 0.6) is 0 Å². The van der Waals surface area contributed by atoms with Crippen LogP contribution < -0.4 is 26.6 Å². The molecule has 4 aliphatic rings. The standard InChI is InChI=1S/C20H25IN6O3/c1-9-15(21)16-17(24-9)18(23-8-22-16)25-11-3-2-10-7-27(20(30)12(10)6-11)13-4-5-14(28)26-19(13)29/h2-3,6,9,13,15-18,22-25H,4-5,7-8H2,1H3,(H,26,28,29). The minimum atomic E-state index is -0.587. The topological polar surface area (TPSA) is 115 Å². The van der Waals surface area contributed by atoms with Gasteiger partial charge in [0.1, 0.15) is 6.04 Å². The van der Waals surface area contributed by atoms with E-state index in [1.165, 1.54) is 0 Å². The number of amides is 3. The lowest BCUT2D eigenvalue weighted by atomic mass is 10.0. The molecule has 6 unspecified atom stereocenters. The molecule has 5 rings (SSSR count). The molecule has 4 aliphatic heterocycles. The van der Waals surface area contributed by atoms with E-state index in [1.807, 2.05) is 18.2 Å². The fraction of sp³-hybridized carbons (Fsp3) is 0.550. The van der Waals surface area contributed by atoms with Crippen molar-refractivity contribution in [3.05, 3.63) is 29.3 Å². The van der Waals surface area contributed by atoms with Gasteiger partial charge in [0.15, 0.2) is 0 Å². The van der Waals surface area contributed by atoms with Crippen LogP contribution >= 0.6 is 22.6 Å². The second-order valence-corrected chi connectivity index (χ2v) is 9.87. The summed E-state index contributed by atoms with van der Waals surface area (Å²) in [7, 11) is 0. The average molecular weight is 524 g/mol. The van der Waals surface area contributed by atoms with Crippen LogP contribution in [0.15, 0.2) is 18.2 Å². The number of fused-ring (bicyclic) bond motifs is 2. The third-order valence-electron chi connectivity index (χ3n) is 6.53. The van der Waals surface area contributed by atoms with Crippen molar-refractivity contribution in [1.29, 1.82) is 0 Å². The highest BCUT2D eigenvalue weighted by Gasteiger charge is 2.45. The maximum atomic E-state index is 13.0. The first kappa shape index (κ1) is 20.2. The predicted octanol–water partition coefficient (Wildman–Crippen LogP) is -0.132. The van der Waals surface area contributed by atoms with Gasteiger partial charge in [0.2, 0.25) is 11.8 Å². The average Bonchev–Trinajstić information content (AvgIpc) is 3.20. The third kappa shape index (κ3) is 3.39. The van der Waals surface area contributed by atoms with Crippen LogP contribution in [0, 0.1) is 0 Å². The van der Waals surface area contributed by atoms with Gasteiger partial charge in [0, 0.05) is 46.9 Å². The zero-order chi connectivity index (χ0) is 21.0. The number of alkyl halides is 1. The van der Waals surface area contributed by atoms with Crippen LogP contribution in [0.4, 0.5) is 5.69 Å². The summed E-state index contributed by atoms with van der Waals surface area (Å²) in [6.07, 6.45) is 0.675. The van der Waals surface area contributed by atoms with E-state index in [4.69, 9.17) is 0 Å². The van der Waals surface area contributed by atoms with Gasteiger partial charge in [-0.2, -0.15) is 0 Å². The van der Waals surface area contributed by atoms with E-state index in [9.17, 15) is 14.4 Å². The van der Waals surface area contributed by atoms with Gasteiger partial charge in [-0.3, -0.25) is 30.3 Å². The lowest BCUT2D eigenvalue weighted by Crippen LogP contribution is -2.65. The highest BCUT2D eigenvalue weighted by molar-refractivity contribution is 14.1. The smallest absolute Gasteiger partial charge is 0.255 e. The summed E-state index contributed by atoms with van der Waals surface area (Å²) in [5.41, 5.74) is 2.40. The zero-order valence-corrected chi connectivity index (χ0v) is 18.7. The second-order valence-electron chi connectivity index (χ2n) is 8.43. The first-order valence-electron chi connectivity index (χ1n) is 10.3. The van der Waals surface area contributed by atoms with Crippen molar-refractivity contribution in [2.45, 2.75) is 60.6 Å². The van der Waals surface area contributed by atoms with Gasteiger partial charge < -0.3 is 15.5 Å². The van der Waals surface area contributed by atoms with Crippen LogP contribution in [-0.4, -0.2) is 63.5 Å². The van der Waals surface area contributed by atoms with Crippen LogP contribution in [0.2, 0.25) is 0 Å². The fourth-order valence-corrected chi connectivity index (χ4v) is 5.84. The number of anilines is 1. The van der Waals surface area contributed by atoms with E-state index in [1.54, 1.807) is 4.90 Å². The Morgan fingerprint density at radius 1 is 1.17 bits per heavy atom. The summed E-state index contributed by atoms with van der Waals surface area (Å²) in [4.78, 5) is 38.3. The van der Waals surface area contributed by atoms with E-state index >= 15 is 0 Å². The number of hydrogen-bond donors (Lipinski definition) is 5. The Morgan fingerprint density at radius 3 is 2.80 bits per heavy atom. The van der Waals surface area contributed by atoms with E-state index in [0.29, 0.717) is 34.5 Å². The van der Waals surface area contributed by atoms with Crippen molar-refractivity contribution in [3.63, 3.8) is 0 Å². The number of nitrogens with zero attached hydrogens (tertiary/aromatic N) is 1. The van der Waals surface area contributed by atoms with Crippen LogP contribution in [0.3, 0.4) is 0 Å². The number of carbonyl (C=O) groups is 3. The zero-order valence-electron chi connectivity index (χ0n) is 16.6. The molecule has 5 N–H and O–H groups in total. The number of piperidine rings is 1. The quantitative estimate of drug-likeness (QED) is 0.213. The van der Waals surface area contributed by atoms with Gasteiger partial charge in [0.25, 0.3) is 5.91 Å². The molecule has 1 aromatic rings. The van der Waals surface area contributed by atoms with Crippen molar-refractivity contribution >= 4 is 46.0 Å². The summed E-state index contributed by atoms with van der Waals surface area (Å²) >= 11 is 2.50. The Kier molecular flexibility index (Phi) is 5.20. The van der Waals surface area contributed by atoms with Gasteiger partial charge in [-0.1, -0.05) is 28.7 Å². The molecule has 0 saturated carbocycles. The minimum absolute atomic E-state index is 0.0410. The number of benzene rings is 1. The Bertz CT molecular complexity index is 911. The van der Waals surface area contributed by atoms with Crippen molar-refractivity contribution < 1.29 is 14.4 Å². The predicted molar refractivity (Wildman–Crippen MR) is 119 cm³/mol. The molecule has 160 valence electrons. The maximum Gasteiger partial charge on any atom is 0.255 e. The summed E-state index contributed by atoms with van der Waals surface area (Å²) < 4.78 is 0.502.